The van der Waals surface area contributed by atoms with Gasteiger partial charge in [-0.1, -0.05) is 41.4 Å². The van der Waals surface area contributed by atoms with Gasteiger partial charge in [0.2, 0.25) is 0 Å². The van der Waals surface area contributed by atoms with E-state index in [-0.39, 0.29) is 5.78 Å². The molecule has 0 aliphatic heterocycles. The van der Waals surface area contributed by atoms with Crippen LogP contribution >= 0.6 is 15.9 Å². The predicted molar refractivity (Wildman–Crippen MR) is 70.9 cm³/mol. The number of unbranched alkanes of at least 4 members (excludes halogenated alkanes) is 1. The molecule has 3 heteroatoms. The second-order valence-corrected chi connectivity index (χ2v) is 4.70. The fourth-order valence-corrected chi connectivity index (χ4v) is 1.67. The molecule has 2 nitrogen and oxygen atoms in total. The van der Waals surface area contributed by atoms with E-state index >= 15 is 0 Å². The molecule has 0 saturated heterocycles. The smallest absolute Gasteiger partial charge is 0.164 e. The van der Waals surface area contributed by atoms with Crippen LogP contribution in [0.1, 0.15) is 36.5 Å². The van der Waals surface area contributed by atoms with Gasteiger partial charge in [0.05, 0.1) is 0 Å². The molecule has 0 heterocycles. The molecule has 0 saturated carbocycles. The van der Waals surface area contributed by atoms with Crippen molar-refractivity contribution < 1.29 is 4.79 Å². The third-order valence-electron chi connectivity index (χ3n) is 2.40. The average Bonchev–Trinajstić information content (AvgIpc) is 2.29. The molecule has 0 aromatic heterocycles. The highest BCUT2D eigenvalue weighted by molar-refractivity contribution is 9.10. The van der Waals surface area contributed by atoms with Crippen LogP contribution in [0.4, 0.5) is 0 Å². The number of hydrogen-bond donors (Lipinski definition) is 1. The summed E-state index contributed by atoms with van der Waals surface area (Å²) >= 11 is 3.35. The summed E-state index contributed by atoms with van der Waals surface area (Å²) in [4.78, 5) is 11.7. The first kappa shape index (κ1) is 13.4. The lowest BCUT2D eigenvalue weighted by molar-refractivity contribution is 0.0982. The van der Waals surface area contributed by atoms with Crippen molar-refractivity contribution >= 4 is 21.7 Å². The lowest BCUT2D eigenvalue weighted by atomic mass is 10.1. The molecule has 0 bridgehead atoms. The molecule has 0 aliphatic carbocycles. The van der Waals surface area contributed by atoms with E-state index in [0.717, 1.165) is 23.1 Å². The first-order chi connectivity index (χ1) is 7.74. The van der Waals surface area contributed by atoms with Gasteiger partial charge in [0, 0.05) is 23.0 Å². The van der Waals surface area contributed by atoms with E-state index in [2.05, 4.69) is 28.2 Å². The maximum atomic E-state index is 11.7. The van der Waals surface area contributed by atoms with E-state index in [4.69, 9.17) is 0 Å². The van der Waals surface area contributed by atoms with Crippen LogP contribution in [-0.2, 0) is 0 Å². The number of Topliss-reactive ketones (excluding diaryl/α,β-unsaturated/α-hetero) is 1. The van der Waals surface area contributed by atoms with Crippen molar-refractivity contribution in [2.24, 2.45) is 0 Å². The molecule has 16 heavy (non-hydrogen) atoms. The number of rotatable bonds is 7. The Labute approximate surface area is 106 Å². The van der Waals surface area contributed by atoms with Crippen LogP contribution < -0.4 is 5.32 Å². The Kier molecular flexibility index (Phi) is 6.34. The zero-order valence-corrected chi connectivity index (χ0v) is 11.2. The van der Waals surface area contributed by atoms with Crippen molar-refractivity contribution in [2.45, 2.75) is 26.2 Å². The number of carbonyl (C=O) groups excluding carboxylic acids is 1. The second kappa shape index (κ2) is 7.58. The van der Waals surface area contributed by atoms with E-state index in [1.54, 1.807) is 0 Å². The molecule has 0 radical (unpaired) electrons. The zero-order chi connectivity index (χ0) is 11.8. The van der Waals surface area contributed by atoms with Gasteiger partial charge in [-0.2, -0.15) is 0 Å². The van der Waals surface area contributed by atoms with Gasteiger partial charge >= 0.3 is 0 Å². The topological polar surface area (TPSA) is 29.1 Å². The van der Waals surface area contributed by atoms with E-state index < -0.39 is 0 Å². The van der Waals surface area contributed by atoms with E-state index in [1.165, 1.54) is 12.8 Å². The lowest BCUT2D eigenvalue weighted by Crippen LogP contribution is -2.19. The van der Waals surface area contributed by atoms with Crippen molar-refractivity contribution in [3.8, 4) is 0 Å². The molecule has 0 amide bonds. The SMILES string of the molecule is CCCCNCCC(=O)c1ccc(Br)cc1. The van der Waals surface area contributed by atoms with Crippen LogP contribution in [0.3, 0.4) is 0 Å². The van der Waals surface area contributed by atoms with Gasteiger partial charge < -0.3 is 5.32 Å². The number of halogens is 1. The normalized spacial score (nSPS) is 10.4. The molecule has 1 N–H and O–H groups in total. The van der Waals surface area contributed by atoms with Crippen molar-refractivity contribution in [2.75, 3.05) is 13.1 Å². The fourth-order valence-electron chi connectivity index (χ4n) is 1.41. The first-order valence-corrected chi connectivity index (χ1v) is 6.53. The predicted octanol–water partition coefficient (Wildman–Crippen LogP) is 3.41. The quantitative estimate of drug-likeness (QED) is 0.614. The molecule has 0 unspecified atom stereocenters. The first-order valence-electron chi connectivity index (χ1n) is 5.73. The molecule has 0 atom stereocenters. The van der Waals surface area contributed by atoms with Crippen molar-refractivity contribution in [1.29, 1.82) is 0 Å². The maximum absolute atomic E-state index is 11.7. The van der Waals surface area contributed by atoms with Crippen molar-refractivity contribution in [3.63, 3.8) is 0 Å². The summed E-state index contributed by atoms with van der Waals surface area (Å²) in [5.74, 6) is 0.205. The molecule has 1 aromatic rings. The molecular weight excluding hydrogens is 266 g/mol. The summed E-state index contributed by atoms with van der Waals surface area (Å²) in [6.07, 6.45) is 2.94. The van der Waals surface area contributed by atoms with Crippen molar-refractivity contribution in [1.82, 2.24) is 5.32 Å². The van der Waals surface area contributed by atoms with Gasteiger partial charge in [-0.25, -0.2) is 0 Å². The van der Waals surface area contributed by atoms with Crippen LogP contribution in [0.15, 0.2) is 28.7 Å². The summed E-state index contributed by atoms with van der Waals surface area (Å²) in [5, 5.41) is 3.27. The van der Waals surface area contributed by atoms with Crippen LogP contribution in [0.2, 0.25) is 0 Å². The minimum absolute atomic E-state index is 0.205. The fraction of sp³-hybridized carbons (Fsp3) is 0.462. The van der Waals surface area contributed by atoms with Crippen LogP contribution in [0.25, 0.3) is 0 Å². The molecule has 0 spiro atoms. The minimum atomic E-state index is 0.205. The number of carbonyl (C=O) groups is 1. The molecule has 1 rings (SSSR count). The molecule has 0 aliphatic rings. The number of nitrogens with one attached hydrogen (secondary N) is 1. The molecule has 88 valence electrons. The summed E-state index contributed by atoms with van der Waals surface area (Å²) in [6, 6.07) is 7.52. The third kappa shape index (κ3) is 4.90. The van der Waals surface area contributed by atoms with Gasteiger partial charge in [0.1, 0.15) is 0 Å². The number of hydrogen-bond acceptors (Lipinski definition) is 2. The highest BCUT2D eigenvalue weighted by Gasteiger charge is 2.04. The Morgan fingerprint density at radius 1 is 1.25 bits per heavy atom. The molecule has 0 fully saturated rings. The second-order valence-electron chi connectivity index (χ2n) is 3.78. The monoisotopic (exact) mass is 283 g/mol. The average molecular weight is 284 g/mol. The van der Waals surface area contributed by atoms with E-state index in [0.29, 0.717) is 6.42 Å². The Hall–Kier alpha value is -0.670. The van der Waals surface area contributed by atoms with Gasteiger partial charge in [-0.15, -0.1) is 0 Å². The molecular formula is C13H18BrNO. The number of benzene rings is 1. The third-order valence-corrected chi connectivity index (χ3v) is 2.93. The minimum Gasteiger partial charge on any atom is -0.316 e. The summed E-state index contributed by atoms with van der Waals surface area (Å²) < 4.78 is 1.00. The van der Waals surface area contributed by atoms with E-state index in [9.17, 15) is 4.79 Å². The summed E-state index contributed by atoms with van der Waals surface area (Å²) in [7, 11) is 0. The Morgan fingerprint density at radius 2 is 1.94 bits per heavy atom. The molecule has 1 aromatic carbocycles. The maximum Gasteiger partial charge on any atom is 0.164 e. The highest BCUT2D eigenvalue weighted by Crippen LogP contribution is 2.11. The van der Waals surface area contributed by atoms with Gasteiger partial charge in [-0.3, -0.25) is 4.79 Å². The van der Waals surface area contributed by atoms with Gasteiger partial charge in [0.25, 0.3) is 0 Å². The standard InChI is InChI=1S/C13H18BrNO/c1-2-3-9-15-10-8-13(16)11-4-6-12(14)7-5-11/h4-7,15H,2-3,8-10H2,1H3. The Balaban J connectivity index is 2.27. The lowest BCUT2D eigenvalue weighted by Gasteiger charge is -2.03. The van der Waals surface area contributed by atoms with Gasteiger partial charge in [0.15, 0.2) is 5.78 Å². The largest absolute Gasteiger partial charge is 0.316 e. The summed E-state index contributed by atoms with van der Waals surface area (Å²) in [6.45, 7) is 3.94. The summed E-state index contributed by atoms with van der Waals surface area (Å²) in [5.41, 5.74) is 0.792. The number of ketones is 1. The highest BCUT2D eigenvalue weighted by atomic mass is 79.9. The van der Waals surface area contributed by atoms with Crippen LogP contribution in [-0.4, -0.2) is 18.9 Å². The Morgan fingerprint density at radius 3 is 2.56 bits per heavy atom. The van der Waals surface area contributed by atoms with Gasteiger partial charge in [-0.05, 0) is 25.1 Å². The Bertz CT molecular complexity index is 321. The van der Waals surface area contributed by atoms with E-state index in [1.807, 2.05) is 24.3 Å². The van der Waals surface area contributed by atoms with Crippen molar-refractivity contribution in [3.05, 3.63) is 34.3 Å². The van der Waals surface area contributed by atoms with Crippen LogP contribution in [0, 0.1) is 0 Å². The van der Waals surface area contributed by atoms with Crippen LogP contribution in [0.5, 0.6) is 0 Å². The zero-order valence-electron chi connectivity index (χ0n) is 9.63.